The van der Waals surface area contributed by atoms with E-state index in [0.29, 0.717) is 24.1 Å². The van der Waals surface area contributed by atoms with E-state index >= 15 is 0 Å². The Labute approximate surface area is 181 Å². The molecule has 2 fully saturated rings. The van der Waals surface area contributed by atoms with E-state index in [-0.39, 0.29) is 23.4 Å². The van der Waals surface area contributed by atoms with Crippen LogP contribution in [-0.4, -0.2) is 36.2 Å². The predicted octanol–water partition coefficient (Wildman–Crippen LogP) is 5.45. The Morgan fingerprint density at radius 2 is 1.70 bits per heavy atom. The molecule has 1 amide bonds. The highest BCUT2D eigenvalue weighted by Gasteiger charge is 2.36. The molecule has 2 aliphatic rings. The number of ether oxygens (including phenoxy) is 1. The second kappa shape index (κ2) is 9.31. The maximum Gasteiger partial charge on any atom is 0.338 e. The van der Waals surface area contributed by atoms with Gasteiger partial charge in [-0.15, -0.1) is 11.3 Å². The van der Waals surface area contributed by atoms with Gasteiger partial charge in [-0.05, 0) is 56.1 Å². The molecule has 0 radical (unpaired) electrons. The molecular weight excluding hydrogens is 398 g/mol. The van der Waals surface area contributed by atoms with E-state index in [1.165, 1.54) is 11.3 Å². The summed E-state index contributed by atoms with van der Waals surface area (Å²) in [7, 11) is 0. The SMILES string of the molecule is C[C@H]1CC[C@H](C(=O)N(c2sc(-c3ccccc3)cc2C(=O)O)C2CCOCC2)CC1. The maximum atomic E-state index is 13.7. The smallest absolute Gasteiger partial charge is 0.338 e. The van der Waals surface area contributed by atoms with E-state index in [4.69, 9.17) is 4.74 Å². The molecule has 1 aliphatic carbocycles. The Bertz CT molecular complexity index is 880. The number of carboxylic acids is 1. The first-order chi connectivity index (χ1) is 14.5. The molecule has 6 heteroatoms. The Kier molecular flexibility index (Phi) is 6.54. The molecule has 2 heterocycles. The van der Waals surface area contributed by atoms with E-state index in [9.17, 15) is 14.7 Å². The van der Waals surface area contributed by atoms with Crippen molar-refractivity contribution in [2.75, 3.05) is 18.1 Å². The fraction of sp³-hybridized carbons (Fsp3) is 0.500. The second-order valence-corrected chi connectivity index (χ2v) is 9.54. The van der Waals surface area contributed by atoms with Crippen molar-refractivity contribution in [1.29, 1.82) is 0 Å². The van der Waals surface area contributed by atoms with Crippen molar-refractivity contribution in [2.24, 2.45) is 11.8 Å². The molecule has 1 N–H and O–H groups in total. The lowest BCUT2D eigenvalue weighted by Crippen LogP contribution is -2.47. The first-order valence-electron chi connectivity index (χ1n) is 10.9. The van der Waals surface area contributed by atoms with Crippen molar-refractivity contribution in [3.63, 3.8) is 0 Å². The van der Waals surface area contributed by atoms with Crippen LogP contribution in [0.1, 0.15) is 55.8 Å². The average Bonchev–Trinajstić information content (AvgIpc) is 3.21. The predicted molar refractivity (Wildman–Crippen MR) is 119 cm³/mol. The molecular formula is C24H29NO4S. The molecule has 160 valence electrons. The number of carbonyl (C=O) groups excluding carboxylic acids is 1. The van der Waals surface area contributed by atoms with Crippen molar-refractivity contribution in [2.45, 2.75) is 51.5 Å². The van der Waals surface area contributed by atoms with Crippen LogP contribution in [0, 0.1) is 11.8 Å². The van der Waals surface area contributed by atoms with Gasteiger partial charge in [0.05, 0.1) is 5.56 Å². The Morgan fingerprint density at radius 3 is 2.33 bits per heavy atom. The summed E-state index contributed by atoms with van der Waals surface area (Å²) in [6.07, 6.45) is 5.38. The summed E-state index contributed by atoms with van der Waals surface area (Å²) in [5.41, 5.74) is 1.20. The van der Waals surface area contributed by atoms with Gasteiger partial charge in [0.2, 0.25) is 5.91 Å². The van der Waals surface area contributed by atoms with Crippen molar-refractivity contribution in [3.05, 3.63) is 42.0 Å². The number of rotatable bonds is 5. The standard InChI is InChI=1S/C24H29NO4S/c1-16-7-9-18(10-8-16)22(26)25(19-11-13-29-14-12-19)23-20(24(27)28)15-21(30-23)17-5-3-2-4-6-17/h2-6,15-16,18-19H,7-14H2,1H3,(H,27,28)/t16-,18-. The molecule has 1 aromatic heterocycles. The number of nitrogens with zero attached hydrogens (tertiary/aromatic N) is 1. The summed E-state index contributed by atoms with van der Waals surface area (Å²) < 4.78 is 5.53. The van der Waals surface area contributed by atoms with Crippen molar-refractivity contribution < 1.29 is 19.4 Å². The third-order valence-electron chi connectivity index (χ3n) is 6.38. The molecule has 1 saturated heterocycles. The highest BCUT2D eigenvalue weighted by Crippen LogP contribution is 2.41. The zero-order valence-electron chi connectivity index (χ0n) is 17.4. The molecule has 0 bridgehead atoms. The summed E-state index contributed by atoms with van der Waals surface area (Å²) in [6, 6.07) is 11.5. The molecule has 4 rings (SSSR count). The molecule has 1 aromatic carbocycles. The molecule has 2 aromatic rings. The highest BCUT2D eigenvalue weighted by molar-refractivity contribution is 7.20. The normalized spacial score (nSPS) is 22.6. The van der Waals surface area contributed by atoms with Crippen molar-refractivity contribution >= 4 is 28.2 Å². The number of hydrogen-bond donors (Lipinski definition) is 1. The number of benzene rings is 1. The zero-order valence-corrected chi connectivity index (χ0v) is 18.2. The molecule has 0 unspecified atom stereocenters. The lowest BCUT2D eigenvalue weighted by atomic mass is 9.82. The molecule has 1 aliphatic heterocycles. The number of hydrogen-bond acceptors (Lipinski definition) is 4. The highest BCUT2D eigenvalue weighted by atomic mass is 32.1. The van der Waals surface area contributed by atoms with Crippen molar-refractivity contribution in [3.8, 4) is 10.4 Å². The molecule has 30 heavy (non-hydrogen) atoms. The van der Waals surface area contributed by atoms with Crippen LogP contribution in [0.3, 0.4) is 0 Å². The summed E-state index contributed by atoms with van der Waals surface area (Å²) >= 11 is 1.42. The minimum Gasteiger partial charge on any atom is -0.478 e. The lowest BCUT2D eigenvalue weighted by Gasteiger charge is -2.37. The van der Waals surface area contributed by atoms with Crippen LogP contribution in [0.25, 0.3) is 10.4 Å². The summed E-state index contributed by atoms with van der Waals surface area (Å²) in [5.74, 6) is -0.247. The fourth-order valence-electron chi connectivity index (χ4n) is 4.55. The van der Waals surface area contributed by atoms with E-state index < -0.39 is 5.97 Å². The largest absolute Gasteiger partial charge is 0.478 e. The van der Waals surface area contributed by atoms with E-state index in [2.05, 4.69) is 6.92 Å². The van der Waals surface area contributed by atoms with Gasteiger partial charge in [0.25, 0.3) is 0 Å². The quantitative estimate of drug-likeness (QED) is 0.689. The van der Waals surface area contributed by atoms with Gasteiger partial charge in [-0.2, -0.15) is 0 Å². The van der Waals surface area contributed by atoms with Crippen LogP contribution >= 0.6 is 11.3 Å². The molecule has 0 atom stereocenters. The molecule has 1 saturated carbocycles. The van der Waals surface area contributed by atoms with Gasteiger partial charge in [0, 0.05) is 30.1 Å². The van der Waals surface area contributed by atoms with Crippen LogP contribution in [0.5, 0.6) is 0 Å². The number of carboxylic acid groups (broad SMARTS) is 1. The summed E-state index contributed by atoms with van der Waals surface area (Å²) in [6.45, 7) is 3.45. The van der Waals surface area contributed by atoms with Crippen LogP contribution in [0.2, 0.25) is 0 Å². The van der Waals surface area contributed by atoms with Crippen LogP contribution in [0.15, 0.2) is 36.4 Å². The van der Waals surface area contributed by atoms with Crippen LogP contribution in [0.4, 0.5) is 5.00 Å². The first kappa shape index (κ1) is 21.1. The maximum absolute atomic E-state index is 13.7. The Morgan fingerprint density at radius 1 is 1.03 bits per heavy atom. The third-order valence-corrected chi connectivity index (χ3v) is 7.56. The minimum absolute atomic E-state index is 0.00836. The minimum atomic E-state index is -0.981. The van der Waals surface area contributed by atoms with E-state index in [1.807, 2.05) is 35.2 Å². The summed E-state index contributed by atoms with van der Waals surface area (Å²) in [5, 5.41) is 10.5. The molecule has 5 nitrogen and oxygen atoms in total. The zero-order chi connectivity index (χ0) is 21.1. The molecule has 0 spiro atoms. The van der Waals surface area contributed by atoms with Gasteiger partial charge in [0.15, 0.2) is 0 Å². The third kappa shape index (κ3) is 4.44. The lowest BCUT2D eigenvalue weighted by molar-refractivity contribution is -0.124. The number of aromatic carboxylic acids is 1. The Balaban J connectivity index is 1.73. The van der Waals surface area contributed by atoms with Gasteiger partial charge in [-0.25, -0.2) is 4.79 Å². The number of thiophene rings is 1. The number of anilines is 1. The van der Waals surface area contributed by atoms with E-state index in [1.54, 1.807) is 6.07 Å². The van der Waals surface area contributed by atoms with Gasteiger partial charge in [0.1, 0.15) is 5.00 Å². The van der Waals surface area contributed by atoms with E-state index in [0.717, 1.165) is 49.0 Å². The van der Waals surface area contributed by atoms with Crippen molar-refractivity contribution in [1.82, 2.24) is 0 Å². The van der Waals surface area contributed by atoms with Gasteiger partial charge in [-0.1, -0.05) is 37.3 Å². The second-order valence-electron chi connectivity index (χ2n) is 8.51. The first-order valence-corrected chi connectivity index (χ1v) is 11.7. The van der Waals surface area contributed by atoms with Gasteiger partial charge in [-0.3, -0.25) is 9.69 Å². The van der Waals surface area contributed by atoms with Gasteiger partial charge >= 0.3 is 5.97 Å². The average molecular weight is 428 g/mol. The number of amides is 1. The number of carbonyl (C=O) groups is 2. The topological polar surface area (TPSA) is 66.8 Å². The fourth-order valence-corrected chi connectivity index (χ4v) is 5.78. The Hall–Kier alpha value is -2.18. The van der Waals surface area contributed by atoms with Crippen LogP contribution in [-0.2, 0) is 9.53 Å². The van der Waals surface area contributed by atoms with Gasteiger partial charge < -0.3 is 9.84 Å². The monoisotopic (exact) mass is 427 g/mol. The summed E-state index contributed by atoms with van der Waals surface area (Å²) in [4.78, 5) is 28.6. The van der Waals surface area contributed by atoms with Crippen LogP contribution < -0.4 is 4.90 Å².